The Kier molecular flexibility index (Phi) is 4.01. The first-order chi connectivity index (χ1) is 9.06. The number of carbonyl (C=O) groups is 3. The highest BCUT2D eigenvalue weighted by atomic mass is 32.2. The van der Waals surface area contributed by atoms with Crippen LogP contribution in [0.15, 0.2) is 41.3 Å². The van der Waals surface area contributed by atoms with Crippen molar-refractivity contribution in [3.05, 3.63) is 46.9 Å². The zero-order chi connectivity index (χ0) is 13.8. The molecule has 1 heterocycles. The van der Waals surface area contributed by atoms with Gasteiger partial charge in [0, 0.05) is 6.08 Å². The fourth-order valence-corrected chi connectivity index (χ4v) is 2.27. The van der Waals surface area contributed by atoms with Gasteiger partial charge in [-0.1, -0.05) is 30.3 Å². The summed E-state index contributed by atoms with van der Waals surface area (Å²) in [6, 6.07) is 9.29. The molecule has 0 bridgehead atoms. The molecule has 6 heteroatoms. The normalized spacial score (nSPS) is 18.3. The van der Waals surface area contributed by atoms with Crippen LogP contribution in [0.5, 0.6) is 0 Å². The highest BCUT2D eigenvalue weighted by Gasteiger charge is 2.26. The molecule has 1 unspecified atom stereocenters. The molecule has 2 N–H and O–H groups in total. The molecule has 1 aliphatic heterocycles. The number of carbonyl (C=O) groups excluding carboxylic acids is 3. The van der Waals surface area contributed by atoms with E-state index in [9.17, 15) is 14.4 Å². The number of benzene rings is 1. The fraction of sp³-hybridized carbons (Fsp3) is 0.154. The Morgan fingerprint density at radius 1 is 1.32 bits per heavy atom. The standard InChI is InChI=1S/C13H12N2O3S/c1-8(9-5-3-2-4-6-9)14-11(16)7-10-12(17)15-13(18)19-10/h2-8H,1H3,(H,14,16)(H,15,17,18)/b10-7-. The summed E-state index contributed by atoms with van der Waals surface area (Å²) in [7, 11) is 0. The van der Waals surface area contributed by atoms with Gasteiger partial charge >= 0.3 is 0 Å². The van der Waals surface area contributed by atoms with Crippen LogP contribution in [-0.2, 0) is 9.59 Å². The highest BCUT2D eigenvalue weighted by Crippen LogP contribution is 2.22. The number of hydrogen-bond donors (Lipinski definition) is 2. The third-order valence-electron chi connectivity index (χ3n) is 2.56. The molecule has 2 rings (SSSR count). The minimum Gasteiger partial charge on any atom is -0.346 e. The Balaban J connectivity index is 2.00. The van der Waals surface area contributed by atoms with E-state index in [-0.39, 0.29) is 10.9 Å². The minimum atomic E-state index is -0.530. The lowest BCUT2D eigenvalue weighted by Crippen LogP contribution is -2.25. The van der Waals surface area contributed by atoms with Crippen molar-refractivity contribution in [2.75, 3.05) is 0 Å². The predicted molar refractivity (Wildman–Crippen MR) is 72.2 cm³/mol. The van der Waals surface area contributed by atoms with Crippen LogP contribution in [0.3, 0.4) is 0 Å². The third-order valence-corrected chi connectivity index (χ3v) is 3.37. The number of rotatable bonds is 3. The van der Waals surface area contributed by atoms with Gasteiger partial charge in [-0.15, -0.1) is 0 Å². The maximum Gasteiger partial charge on any atom is 0.290 e. The summed E-state index contributed by atoms with van der Waals surface area (Å²) in [4.78, 5) is 34.1. The van der Waals surface area contributed by atoms with Crippen molar-refractivity contribution in [3.8, 4) is 0 Å². The Labute approximate surface area is 114 Å². The molecule has 0 aliphatic carbocycles. The third kappa shape index (κ3) is 3.45. The quantitative estimate of drug-likeness (QED) is 0.824. The van der Waals surface area contributed by atoms with Crippen LogP contribution < -0.4 is 10.6 Å². The Morgan fingerprint density at radius 2 is 2.00 bits per heavy atom. The maximum absolute atomic E-state index is 11.7. The van der Waals surface area contributed by atoms with Crippen LogP contribution in [-0.4, -0.2) is 17.1 Å². The van der Waals surface area contributed by atoms with Gasteiger partial charge in [0.25, 0.3) is 11.1 Å². The average molecular weight is 276 g/mol. The van der Waals surface area contributed by atoms with E-state index in [1.807, 2.05) is 37.3 Å². The average Bonchev–Trinajstić information content (AvgIpc) is 2.68. The largest absolute Gasteiger partial charge is 0.346 e. The molecule has 0 aromatic heterocycles. The number of nitrogens with one attached hydrogen (secondary N) is 2. The van der Waals surface area contributed by atoms with Gasteiger partial charge in [0.1, 0.15) is 0 Å². The molecule has 98 valence electrons. The molecule has 0 spiro atoms. The van der Waals surface area contributed by atoms with Gasteiger partial charge in [0.15, 0.2) is 0 Å². The van der Waals surface area contributed by atoms with Gasteiger partial charge in [-0.25, -0.2) is 0 Å². The molecule has 1 atom stereocenters. The van der Waals surface area contributed by atoms with Gasteiger partial charge < -0.3 is 5.32 Å². The first kappa shape index (κ1) is 13.4. The van der Waals surface area contributed by atoms with Crippen molar-refractivity contribution in [1.29, 1.82) is 0 Å². The topological polar surface area (TPSA) is 75.3 Å². The summed E-state index contributed by atoms with van der Waals surface area (Å²) >= 11 is 0.726. The molecular formula is C13H12N2O3S. The summed E-state index contributed by atoms with van der Waals surface area (Å²) in [6.45, 7) is 1.85. The monoisotopic (exact) mass is 276 g/mol. The molecule has 3 amide bonds. The van der Waals surface area contributed by atoms with Crippen molar-refractivity contribution in [3.63, 3.8) is 0 Å². The van der Waals surface area contributed by atoms with Crippen LogP contribution in [0.4, 0.5) is 4.79 Å². The number of amides is 3. The van der Waals surface area contributed by atoms with E-state index < -0.39 is 17.1 Å². The Morgan fingerprint density at radius 3 is 2.58 bits per heavy atom. The van der Waals surface area contributed by atoms with Crippen molar-refractivity contribution >= 4 is 28.8 Å². The summed E-state index contributed by atoms with van der Waals surface area (Å²) in [5.74, 6) is -0.929. The fourth-order valence-electron chi connectivity index (χ4n) is 1.62. The lowest BCUT2D eigenvalue weighted by molar-refractivity contribution is -0.118. The number of imide groups is 1. The molecule has 5 nitrogen and oxygen atoms in total. The predicted octanol–water partition coefficient (Wildman–Crippen LogP) is 1.73. The second-order valence-electron chi connectivity index (χ2n) is 3.99. The maximum atomic E-state index is 11.7. The van der Waals surface area contributed by atoms with Gasteiger partial charge in [-0.05, 0) is 24.2 Å². The highest BCUT2D eigenvalue weighted by molar-refractivity contribution is 8.18. The second-order valence-corrected chi connectivity index (χ2v) is 5.01. The lowest BCUT2D eigenvalue weighted by Gasteiger charge is -2.12. The molecule has 19 heavy (non-hydrogen) atoms. The van der Waals surface area contributed by atoms with E-state index in [1.165, 1.54) is 0 Å². The van der Waals surface area contributed by atoms with E-state index in [4.69, 9.17) is 0 Å². The van der Waals surface area contributed by atoms with Gasteiger partial charge in [-0.3, -0.25) is 19.7 Å². The van der Waals surface area contributed by atoms with E-state index in [1.54, 1.807) is 0 Å². The van der Waals surface area contributed by atoms with Crippen molar-refractivity contribution in [1.82, 2.24) is 10.6 Å². The molecule has 1 aromatic rings. The summed E-state index contributed by atoms with van der Waals surface area (Å²) in [6.07, 6.45) is 1.14. The molecule has 1 saturated heterocycles. The Hall–Kier alpha value is -2.08. The first-order valence-corrected chi connectivity index (χ1v) is 6.48. The van der Waals surface area contributed by atoms with Gasteiger partial charge in [-0.2, -0.15) is 0 Å². The Bertz CT molecular complexity index is 554. The van der Waals surface area contributed by atoms with E-state index in [2.05, 4.69) is 10.6 Å². The summed E-state index contributed by atoms with van der Waals surface area (Å²) < 4.78 is 0. The number of thioether (sulfide) groups is 1. The van der Waals surface area contributed by atoms with Crippen molar-refractivity contribution in [2.24, 2.45) is 0 Å². The first-order valence-electron chi connectivity index (χ1n) is 5.66. The van der Waals surface area contributed by atoms with E-state index in [0.717, 1.165) is 23.4 Å². The second kappa shape index (κ2) is 5.71. The van der Waals surface area contributed by atoms with E-state index in [0.29, 0.717) is 0 Å². The molecule has 1 aromatic carbocycles. The zero-order valence-electron chi connectivity index (χ0n) is 10.2. The van der Waals surface area contributed by atoms with Crippen molar-refractivity contribution < 1.29 is 14.4 Å². The van der Waals surface area contributed by atoms with Crippen LogP contribution in [0.2, 0.25) is 0 Å². The van der Waals surface area contributed by atoms with Crippen LogP contribution in [0.1, 0.15) is 18.5 Å². The summed E-state index contributed by atoms with van der Waals surface area (Å²) in [5, 5.41) is 4.37. The molecular weight excluding hydrogens is 264 g/mol. The molecule has 1 aliphatic rings. The minimum absolute atomic E-state index is 0.114. The van der Waals surface area contributed by atoms with Crippen molar-refractivity contribution in [2.45, 2.75) is 13.0 Å². The molecule has 0 saturated carbocycles. The molecule has 0 radical (unpaired) electrons. The van der Waals surface area contributed by atoms with Gasteiger partial charge in [0.05, 0.1) is 10.9 Å². The summed E-state index contributed by atoms with van der Waals surface area (Å²) in [5.41, 5.74) is 0.967. The number of hydrogen-bond acceptors (Lipinski definition) is 4. The smallest absolute Gasteiger partial charge is 0.290 e. The van der Waals surface area contributed by atoms with E-state index >= 15 is 0 Å². The van der Waals surface area contributed by atoms with Crippen LogP contribution >= 0.6 is 11.8 Å². The SMILES string of the molecule is CC(NC(=O)/C=C1\SC(=O)NC1=O)c1ccccc1. The van der Waals surface area contributed by atoms with Crippen LogP contribution in [0, 0.1) is 0 Å². The lowest BCUT2D eigenvalue weighted by atomic mass is 10.1. The zero-order valence-corrected chi connectivity index (χ0v) is 11.0. The van der Waals surface area contributed by atoms with Gasteiger partial charge in [0.2, 0.25) is 5.91 Å². The van der Waals surface area contributed by atoms with Crippen LogP contribution in [0.25, 0.3) is 0 Å². The molecule has 1 fully saturated rings.